The van der Waals surface area contributed by atoms with Crippen molar-refractivity contribution in [1.29, 1.82) is 0 Å². The Balaban J connectivity index is 1.32. The first kappa shape index (κ1) is 30.9. The van der Waals surface area contributed by atoms with Gasteiger partial charge in [-0.05, 0) is 136 Å². The maximum Gasteiger partial charge on any atom is 0.163 e. The van der Waals surface area contributed by atoms with Crippen molar-refractivity contribution in [3.05, 3.63) is 117 Å². The number of imidazole rings is 2. The van der Waals surface area contributed by atoms with E-state index in [0.717, 1.165) is 83.5 Å². The maximum absolute atomic E-state index is 6.72. The van der Waals surface area contributed by atoms with Crippen LogP contribution >= 0.6 is 15.9 Å². The Hall–Kier alpha value is -5.46. The molecule has 5 nitrogen and oxygen atoms in total. The van der Waals surface area contributed by atoms with Gasteiger partial charge in [0.15, 0.2) is 5.58 Å². The fourth-order valence-electron chi connectivity index (χ4n) is 9.86. The molecular formula is C48H37BrN4O. The third-order valence-corrected chi connectivity index (χ3v) is 13.3. The summed E-state index contributed by atoms with van der Waals surface area (Å²) in [6.07, 6.45) is 4.66. The van der Waals surface area contributed by atoms with Gasteiger partial charge in [-0.3, -0.25) is 8.80 Å². The van der Waals surface area contributed by atoms with E-state index in [9.17, 15) is 0 Å². The fourth-order valence-corrected chi connectivity index (χ4v) is 10.6. The van der Waals surface area contributed by atoms with Crippen molar-refractivity contribution in [2.75, 3.05) is 0 Å². The predicted octanol–water partition coefficient (Wildman–Crippen LogP) is 13.4. The molecule has 0 saturated carbocycles. The molecule has 0 radical (unpaired) electrons. The molecular weight excluding hydrogens is 728 g/mol. The van der Waals surface area contributed by atoms with E-state index in [2.05, 4.69) is 144 Å². The highest BCUT2D eigenvalue weighted by Crippen LogP contribution is 2.46. The van der Waals surface area contributed by atoms with Crippen LogP contribution in [0.25, 0.3) is 98.7 Å². The smallest absolute Gasteiger partial charge is 0.163 e. The summed E-state index contributed by atoms with van der Waals surface area (Å²) in [7, 11) is 0. The Morgan fingerprint density at radius 1 is 0.630 bits per heavy atom. The average Bonchev–Trinajstić information content (AvgIpc) is 3.86. The number of pyridine rings is 2. The second-order valence-electron chi connectivity index (χ2n) is 16.7. The lowest BCUT2D eigenvalue weighted by Crippen LogP contribution is -2.10. The van der Waals surface area contributed by atoms with Crippen LogP contribution in [0.5, 0.6) is 0 Å². The molecule has 0 fully saturated rings. The third kappa shape index (κ3) is 3.84. The minimum absolute atomic E-state index is 0.0325. The van der Waals surface area contributed by atoms with Gasteiger partial charge in [0.2, 0.25) is 0 Å². The number of aryl methyl sites for hydroxylation is 4. The summed E-state index contributed by atoms with van der Waals surface area (Å²) in [5, 5.41) is 9.41. The van der Waals surface area contributed by atoms with Gasteiger partial charge in [0.1, 0.15) is 22.4 Å². The molecule has 0 aliphatic heterocycles. The topological polar surface area (TPSA) is 47.7 Å². The molecule has 0 spiro atoms. The molecule has 6 heteroatoms. The molecule has 12 rings (SSSR count). The highest BCUT2D eigenvalue weighted by molar-refractivity contribution is 9.10. The molecule has 0 unspecified atom stereocenters. The number of rotatable bonds is 0. The molecule has 0 amide bonds. The maximum atomic E-state index is 6.72. The molecule has 6 aromatic carbocycles. The Labute approximate surface area is 319 Å². The summed E-state index contributed by atoms with van der Waals surface area (Å²) >= 11 is 4.33. The van der Waals surface area contributed by atoms with E-state index in [1.54, 1.807) is 0 Å². The monoisotopic (exact) mass is 764 g/mol. The number of benzene rings is 6. The molecule has 262 valence electrons. The van der Waals surface area contributed by atoms with E-state index in [4.69, 9.17) is 14.4 Å². The summed E-state index contributed by atoms with van der Waals surface area (Å²) in [5.74, 6) is 0. The lowest BCUT2D eigenvalue weighted by atomic mass is 9.86. The van der Waals surface area contributed by atoms with Crippen LogP contribution in [0, 0.1) is 13.8 Å². The molecule has 0 saturated heterocycles. The third-order valence-electron chi connectivity index (χ3n) is 12.5. The van der Waals surface area contributed by atoms with Gasteiger partial charge in [0.25, 0.3) is 0 Å². The van der Waals surface area contributed by atoms with Gasteiger partial charge in [0, 0.05) is 32.3 Å². The molecule has 1 aliphatic carbocycles. The lowest BCUT2D eigenvalue weighted by Gasteiger charge is -2.18. The Kier molecular flexibility index (Phi) is 5.96. The minimum Gasteiger partial charge on any atom is -0.454 e. The normalized spacial score (nSPS) is 14.2. The van der Waals surface area contributed by atoms with E-state index in [1.165, 1.54) is 73.1 Å². The molecule has 0 bridgehead atoms. The van der Waals surface area contributed by atoms with Crippen LogP contribution in [-0.2, 0) is 18.3 Å². The number of furan rings is 1. The van der Waals surface area contributed by atoms with Crippen LogP contribution in [0.15, 0.2) is 93.8 Å². The Morgan fingerprint density at radius 2 is 1.26 bits per heavy atom. The average molecular weight is 766 g/mol. The van der Waals surface area contributed by atoms with E-state index in [-0.39, 0.29) is 5.41 Å². The van der Waals surface area contributed by atoms with Crippen LogP contribution < -0.4 is 0 Å². The standard InChI is InChI=1S/C48H37BrN4O/c1-24-10-8-14-29-33-23-34-30-15-9-11-25(2)39(30)47-51-42-36(20-18-31-32-22-27(48(3,4)5)17-21-37(32)54-45(31)42)53(47)44(34)40(49)43(33)52-35-19-16-26-12-6-7-13-28(26)41(35)50-46(52)38(24)29/h8-11,14-23H,6-7,12-13H2,1-5H3. The van der Waals surface area contributed by atoms with Crippen LogP contribution in [0.2, 0.25) is 0 Å². The number of hydrogen-bond acceptors (Lipinski definition) is 3. The zero-order valence-corrected chi connectivity index (χ0v) is 32.6. The zero-order chi connectivity index (χ0) is 36.4. The van der Waals surface area contributed by atoms with Crippen molar-refractivity contribution in [3.63, 3.8) is 0 Å². The number of aromatic nitrogens is 4. The van der Waals surface area contributed by atoms with Crippen LogP contribution in [0.4, 0.5) is 0 Å². The van der Waals surface area contributed by atoms with E-state index >= 15 is 0 Å². The van der Waals surface area contributed by atoms with Gasteiger partial charge in [-0.1, -0.05) is 69.3 Å². The Bertz CT molecular complexity index is 3520. The van der Waals surface area contributed by atoms with Gasteiger partial charge in [0.05, 0.1) is 32.1 Å². The van der Waals surface area contributed by atoms with Crippen LogP contribution in [0.1, 0.15) is 61.4 Å². The zero-order valence-electron chi connectivity index (χ0n) is 31.0. The van der Waals surface area contributed by atoms with Crippen molar-refractivity contribution in [2.45, 2.75) is 65.7 Å². The second-order valence-corrected chi connectivity index (χ2v) is 17.5. The molecule has 5 aromatic heterocycles. The van der Waals surface area contributed by atoms with Crippen molar-refractivity contribution < 1.29 is 4.42 Å². The SMILES string of the molecule is Cc1cccc2c3cc4c5cccc(C)c5c5nc6c7oc8ccc(C(C)(C)C)cc8c7ccc6n5c4c(Br)c3n3c4ccc5c(c4nc3c12)CCCC5. The first-order valence-electron chi connectivity index (χ1n) is 19.2. The first-order chi connectivity index (χ1) is 26.2. The summed E-state index contributed by atoms with van der Waals surface area (Å²) in [6, 6.07) is 31.5. The molecule has 0 N–H and O–H groups in total. The van der Waals surface area contributed by atoms with Crippen LogP contribution in [0.3, 0.4) is 0 Å². The number of nitrogens with zero attached hydrogens (tertiary/aromatic N) is 4. The van der Waals surface area contributed by atoms with Crippen molar-refractivity contribution in [3.8, 4) is 0 Å². The summed E-state index contributed by atoms with van der Waals surface area (Å²) in [6.45, 7) is 11.2. The first-order valence-corrected chi connectivity index (χ1v) is 20.0. The van der Waals surface area contributed by atoms with Gasteiger partial charge in [-0.15, -0.1) is 0 Å². The van der Waals surface area contributed by atoms with Crippen molar-refractivity contribution >= 4 is 115 Å². The largest absolute Gasteiger partial charge is 0.454 e. The molecule has 5 heterocycles. The van der Waals surface area contributed by atoms with Gasteiger partial charge in [-0.25, -0.2) is 9.97 Å². The predicted molar refractivity (Wildman–Crippen MR) is 229 cm³/mol. The molecule has 54 heavy (non-hydrogen) atoms. The van der Waals surface area contributed by atoms with E-state index in [0.29, 0.717) is 0 Å². The fraction of sp³-hybridized carbons (Fsp3) is 0.208. The minimum atomic E-state index is 0.0325. The van der Waals surface area contributed by atoms with E-state index in [1.807, 2.05) is 0 Å². The summed E-state index contributed by atoms with van der Waals surface area (Å²) in [4.78, 5) is 11.1. The second kappa shape index (κ2) is 10.4. The van der Waals surface area contributed by atoms with Crippen LogP contribution in [-0.4, -0.2) is 18.8 Å². The summed E-state index contributed by atoms with van der Waals surface area (Å²) in [5.41, 5.74) is 16.7. The lowest BCUT2D eigenvalue weighted by molar-refractivity contribution is 0.590. The highest BCUT2D eigenvalue weighted by atomic mass is 79.9. The van der Waals surface area contributed by atoms with Gasteiger partial charge in [-0.2, -0.15) is 0 Å². The highest BCUT2D eigenvalue weighted by Gasteiger charge is 2.26. The van der Waals surface area contributed by atoms with E-state index < -0.39 is 0 Å². The number of halogens is 1. The molecule has 0 atom stereocenters. The summed E-state index contributed by atoms with van der Waals surface area (Å²) < 4.78 is 12.6. The molecule has 11 aromatic rings. The number of hydrogen-bond donors (Lipinski definition) is 0. The number of fused-ring (bicyclic) bond motifs is 22. The quantitative estimate of drug-likeness (QED) is 0.114. The van der Waals surface area contributed by atoms with Gasteiger partial charge >= 0.3 is 0 Å². The van der Waals surface area contributed by atoms with Crippen molar-refractivity contribution in [1.82, 2.24) is 18.8 Å². The van der Waals surface area contributed by atoms with Crippen molar-refractivity contribution in [2.24, 2.45) is 0 Å². The Morgan fingerprint density at radius 3 is 1.94 bits per heavy atom. The van der Waals surface area contributed by atoms with Gasteiger partial charge < -0.3 is 4.42 Å². The molecule has 1 aliphatic rings.